The number of nitrogens with zero attached hydrogens (tertiary/aromatic N) is 8. The Bertz CT molecular complexity index is 1250. The summed E-state index contributed by atoms with van der Waals surface area (Å²) in [7, 11) is 0. The molecule has 2 fully saturated rings. The first-order chi connectivity index (χ1) is 17.8. The zero-order valence-corrected chi connectivity index (χ0v) is 21.7. The number of carboxylic acids is 1. The van der Waals surface area contributed by atoms with Crippen LogP contribution in [0.2, 0.25) is 0 Å². The summed E-state index contributed by atoms with van der Waals surface area (Å²) in [5, 5.41) is 28.0. The monoisotopic (exact) mass is 566 g/mol. The summed E-state index contributed by atoms with van der Waals surface area (Å²) >= 11 is 3.35. The maximum atomic E-state index is 13.0. The van der Waals surface area contributed by atoms with Gasteiger partial charge in [0.2, 0.25) is 22.6 Å². The summed E-state index contributed by atoms with van der Waals surface area (Å²) in [6, 6.07) is -0.877. The molecule has 4 rings (SSSR count). The molecule has 2 aromatic rings. The number of thioether (sulfide) groups is 2. The molecule has 2 amide bonds. The fraction of sp³-hybridized carbons (Fsp3) is 0.421. The highest BCUT2D eigenvalue weighted by molar-refractivity contribution is 8.00. The highest BCUT2D eigenvalue weighted by Crippen LogP contribution is 2.44. The molecule has 2 aliphatic rings. The van der Waals surface area contributed by atoms with Gasteiger partial charge in [-0.2, -0.15) is 9.36 Å². The lowest BCUT2D eigenvalue weighted by Crippen LogP contribution is -2.74. The zero-order chi connectivity index (χ0) is 26.6. The Labute approximate surface area is 222 Å². The van der Waals surface area contributed by atoms with Crippen LogP contribution < -0.4 is 11.1 Å². The van der Waals surface area contributed by atoms with Crippen LogP contribution in [0.3, 0.4) is 0 Å². The van der Waals surface area contributed by atoms with E-state index < -0.39 is 34.6 Å². The summed E-state index contributed by atoms with van der Waals surface area (Å²) in [6.45, 7) is 7.57. The van der Waals surface area contributed by atoms with E-state index in [4.69, 9.17) is 10.6 Å². The van der Waals surface area contributed by atoms with Crippen LogP contribution in [0.25, 0.3) is 0 Å². The minimum absolute atomic E-state index is 0.0191. The van der Waals surface area contributed by atoms with Gasteiger partial charge in [0.05, 0.1) is 6.54 Å². The lowest BCUT2D eigenvalue weighted by molar-refractivity contribution is -0.157. The van der Waals surface area contributed by atoms with Gasteiger partial charge in [-0.1, -0.05) is 35.6 Å². The standard InChI is InChI=1S/C19H22N10O5S3/c1-3-5-29-18(23-26-27-29)36-9-19(16(32)33)7-28-14(31)11(15(28)35-8-19)21-13(30)10(24-34-6-4-2)12-22-17(20)37-25-12/h3-4,11,15H,1-2,5-9H2,(H,21,30)(H,32,33)(H2,20,22,25)/t11?,15-,19?/m1/s1. The number of nitrogens with one attached hydrogen (secondary N) is 1. The highest BCUT2D eigenvalue weighted by Gasteiger charge is 2.57. The van der Waals surface area contributed by atoms with E-state index in [2.05, 4.69) is 48.5 Å². The van der Waals surface area contributed by atoms with Crippen molar-refractivity contribution in [2.45, 2.75) is 23.1 Å². The van der Waals surface area contributed by atoms with Crippen molar-refractivity contribution in [1.82, 2.24) is 39.8 Å². The number of rotatable bonds is 12. The van der Waals surface area contributed by atoms with Crippen LogP contribution in [0.15, 0.2) is 35.6 Å². The molecular weight excluding hydrogens is 544 g/mol. The predicted octanol–water partition coefficient (Wildman–Crippen LogP) is -0.537. The quantitative estimate of drug-likeness (QED) is 0.0738. The van der Waals surface area contributed by atoms with Gasteiger partial charge in [0.15, 0.2) is 5.13 Å². The van der Waals surface area contributed by atoms with E-state index in [1.807, 2.05) is 0 Å². The van der Waals surface area contributed by atoms with Gasteiger partial charge >= 0.3 is 5.97 Å². The summed E-state index contributed by atoms with van der Waals surface area (Å²) in [6.07, 6.45) is 3.07. The highest BCUT2D eigenvalue weighted by atomic mass is 32.2. The first kappa shape index (κ1) is 26.6. The normalized spacial score (nSPS) is 23.1. The topological polar surface area (TPSA) is 204 Å². The SMILES string of the molecule is C=CCON=C(C(=O)NC1C(=O)N2CC(CSc3nnnn3CC=C)(C(=O)O)CS[C@H]12)c1nsc(N)n1. The second-order valence-corrected chi connectivity index (χ2v) is 10.7. The third kappa shape index (κ3) is 5.44. The van der Waals surface area contributed by atoms with Crippen LogP contribution in [0.4, 0.5) is 5.13 Å². The molecule has 0 bridgehead atoms. The predicted molar refractivity (Wildman–Crippen MR) is 136 cm³/mol. The number of oxime groups is 1. The van der Waals surface area contributed by atoms with E-state index in [9.17, 15) is 19.5 Å². The largest absolute Gasteiger partial charge is 0.481 e. The van der Waals surface area contributed by atoms with Crippen molar-refractivity contribution in [2.24, 2.45) is 10.6 Å². The van der Waals surface area contributed by atoms with E-state index in [0.29, 0.717) is 11.7 Å². The first-order valence-corrected chi connectivity index (χ1v) is 13.5. The number of fused-ring (bicyclic) bond motifs is 1. The van der Waals surface area contributed by atoms with Gasteiger partial charge in [0.1, 0.15) is 23.4 Å². The number of carbonyl (C=O) groups is 3. The van der Waals surface area contributed by atoms with Crippen molar-refractivity contribution in [2.75, 3.05) is 30.4 Å². The van der Waals surface area contributed by atoms with Crippen molar-refractivity contribution < 1.29 is 24.3 Å². The number of tetrazole rings is 1. The molecule has 2 aliphatic heterocycles. The van der Waals surface area contributed by atoms with Gasteiger partial charge in [0, 0.05) is 29.6 Å². The van der Waals surface area contributed by atoms with Crippen molar-refractivity contribution in [1.29, 1.82) is 0 Å². The van der Waals surface area contributed by atoms with Crippen molar-refractivity contribution in [3.05, 3.63) is 31.1 Å². The van der Waals surface area contributed by atoms with Crippen LogP contribution in [0, 0.1) is 5.41 Å². The van der Waals surface area contributed by atoms with Crippen molar-refractivity contribution in [3.63, 3.8) is 0 Å². The molecule has 3 atom stereocenters. The molecule has 4 heterocycles. The molecule has 4 N–H and O–H groups in total. The third-order valence-corrected chi connectivity index (χ3v) is 8.76. The van der Waals surface area contributed by atoms with Gasteiger partial charge in [-0.25, -0.2) is 4.68 Å². The molecule has 0 spiro atoms. The lowest BCUT2D eigenvalue weighted by atomic mass is 9.89. The van der Waals surface area contributed by atoms with E-state index >= 15 is 0 Å². The number of aromatic nitrogens is 6. The second kappa shape index (κ2) is 11.3. The Balaban J connectivity index is 1.43. The molecule has 0 saturated carbocycles. The minimum atomic E-state index is -1.23. The average molecular weight is 567 g/mol. The number of nitrogen functional groups attached to an aromatic ring is 1. The van der Waals surface area contributed by atoms with Crippen LogP contribution in [0.1, 0.15) is 5.82 Å². The Morgan fingerprint density at radius 2 is 2.22 bits per heavy atom. The van der Waals surface area contributed by atoms with Crippen LogP contribution in [-0.4, -0.2) is 99.1 Å². The number of β-lactam (4-membered cyclic amide) rings is 1. The van der Waals surface area contributed by atoms with E-state index in [1.165, 1.54) is 39.2 Å². The minimum Gasteiger partial charge on any atom is -0.481 e. The lowest BCUT2D eigenvalue weighted by Gasteiger charge is -2.53. The fourth-order valence-corrected chi connectivity index (χ4v) is 6.71. The van der Waals surface area contributed by atoms with Crippen LogP contribution in [-0.2, 0) is 25.8 Å². The van der Waals surface area contributed by atoms with E-state index in [1.54, 1.807) is 6.08 Å². The molecular formula is C19H22N10O5S3. The molecule has 37 heavy (non-hydrogen) atoms. The van der Waals surface area contributed by atoms with Crippen molar-refractivity contribution >= 4 is 63.7 Å². The number of hydrogen-bond donors (Lipinski definition) is 3. The van der Waals surface area contributed by atoms with E-state index in [-0.39, 0.29) is 41.3 Å². The Morgan fingerprint density at radius 3 is 2.89 bits per heavy atom. The number of carbonyl (C=O) groups excluding carboxylic acids is 2. The van der Waals surface area contributed by atoms with Gasteiger partial charge < -0.3 is 25.9 Å². The molecule has 0 aromatic carbocycles. The van der Waals surface area contributed by atoms with E-state index in [0.717, 1.165) is 11.5 Å². The summed E-state index contributed by atoms with van der Waals surface area (Å²) in [5.41, 5.74) is 4.15. The molecule has 2 unspecified atom stereocenters. The van der Waals surface area contributed by atoms with Gasteiger partial charge in [-0.3, -0.25) is 14.4 Å². The number of nitrogens with two attached hydrogens (primary N) is 1. The number of anilines is 1. The second-order valence-electron chi connectivity index (χ2n) is 7.91. The van der Waals surface area contributed by atoms with Crippen LogP contribution >= 0.6 is 35.1 Å². The molecule has 0 aliphatic carbocycles. The Kier molecular flexibility index (Phi) is 8.08. The van der Waals surface area contributed by atoms with Crippen molar-refractivity contribution in [3.8, 4) is 0 Å². The summed E-state index contributed by atoms with van der Waals surface area (Å²) in [5.74, 6) is -1.84. The molecule has 2 saturated heterocycles. The smallest absolute Gasteiger partial charge is 0.313 e. The molecule has 2 aromatic heterocycles. The number of allylic oxidation sites excluding steroid dienone is 1. The molecule has 0 radical (unpaired) electrons. The maximum Gasteiger partial charge on any atom is 0.313 e. The Morgan fingerprint density at radius 1 is 1.41 bits per heavy atom. The summed E-state index contributed by atoms with van der Waals surface area (Å²) < 4.78 is 5.49. The number of amides is 2. The van der Waals surface area contributed by atoms with Gasteiger partial charge in [-0.05, 0) is 10.4 Å². The zero-order valence-electron chi connectivity index (χ0n) is 19.2. The van der Waals surface area contributed by atoms with Gasteiger partial charge in [-0.15, -0.1) is 23.4 Å². The molecule has 18 heteroatoms. The average Bonchev–Trinajstić information content (AvgIpc) is 3.52. The third-order valence-electron chi connectivity index (χ3n) is 5.38. The number of hydrogen-bond acceptors (Lipinski definition) is 14. The summed E-state index contributed by atoms with van der Waals surface area (Å²) in [4.78, 5) is 48.6. The molecule has 196 valence electrons. The Hall–Kier alpha value is -3.51. The van der Waals surface area contributed by atoms with Gasteiger partial charge in [0.25, 0.3) is 5.91 Å². The fourth-order valence-electron chi connectivity index (χ4n) is 3.52. The van der Waals surface area contributed by atoms with Crippen LogP contribution in [0.5, 0.6) is 0 Å². The maximum absolute atomic E-state index is 13.0. The first-order valence-electron chi connectivity index (χ1n) is 10.7. The molecule has 15 nitrogen and oxygen atoms in total. The number of carboxylic acid groups (broad SMARTS) is 1. The number of aliphatic carboxylic acids is 1.